The van der Waals surface area contributed by atoms with E-state index >= 15 is 4.39 Å². The van der Waals surface area contributed by atoms with Crippen molar-refractivity contribution < 1.29 is 22.3 Å². The highest BCUT2D eigenvalue weighted by Gasteiger charge is 2.18. The summed E-state index contributed by atoms with van der Waals surface area (Å²) in [6.45, 7) is -0.259. The second-order valence-corrected chi connectivity index (χ2v) is 9.42. The van der Waals surface area contributed by atoms with Gasteiger partial charge in [-0.1, -0.05) is 40.9 Å². The van der Waals surface area contributed by atoms with Crippen LogP contribution >= 0.6 is 34.8 Å². The van der Waals surface area contributed by atoms with Crippen LogP contribution in [0.2, 0.25) is 15.1 Å². The molecule has 0 spiro atoms. The van der Waals surface area contributed by atoms with E-state index in [9.17, 15) is 13.2 Å². The van der Waals surface area contributed by atoms with Crippen LogP contribution in [-0.2, 0) is 16.6 Å². The van der Waals surface area contributed by atoms with Gasteiger partial charge >= 0.3 is 0 Å². The molecule has 3 aromatic carbocycles. The van der Waals surface area contributed by atoms with E-state index in [0.717, 1.165) is 12.1 Å². The average molecular weight is 529 g/mol. The van der Waals surface area contributed by atoms with E-state index < -0.39 is 21.7 Å². The fourth-order valence-electron chi connectivity index (χ4n) is 2.74. The Morgan fingerprint density at radius 3 is 2.45 bits per heavy atom. The molecule has 0 bridgehead atoms. The van der Waals surface area contributed by atoms with Crippen molar-refractivity contribution in [1.82, 2.24) is 5.32 Å². The molecule has 0 unspecified atom stereocenters. The predicted molar refractivity (Wildman–Crippen MR) is 122 cm³/mol. The molecule has 0 aromatic heterocycles. The van der Waals surface area contributed by atoms with Crippen molar-refractivity contribution in [3.05, 3.63) is 86.1 Å². The lowest BCUT2D eigenvalue weighted by Crippen LogP contribution is -2.24. The van der Waals surface area contributed by atoms with Gasteiger partial charge in [-0.05, 0) is 42.5 Å². The number of nitrogens with two attached hydrogens (primary N) is 1. The topological polar surface area (TPSA) is 122 Å². The molecule has 3 aromatic rings. The van der Waals surface area contributed by atoms with E-state index in [1.54, 1.807) is 0 Å². The van der Waals surface area contributed by atoms with Gasteiger partial charge in [-0.25, -0.2) is 17.9 Å². The second kappa shape index (κ2) is 9.95. The number of hydrogen-bond acceptors (Lipinski definition) is 5. The van der Waals surface area contributed by atoms with Crippen LogP contribution in [0.15, 0.2) is 53.4 Å². The first-order chi connectivity index (χ1) is 15.5. The number of halogens is 4. The van der Waals surface area contributed by atoms with Gasteiger partial charge in [-0.15, -0.1) is 0 Å². The van der Waals surface area contributed by atoms with Gasteiger partial charge in [0, 0.05) is 17.1 Å². The minimum atomic E-state index is -3.99. The summed E-state index contributed by atoms with van der Waals surface area (Å²) in [4.78, 5) is 12.2. The Hall–Kier alpha value is -2.87. The smallest absolute Gasteiger partial charge is 0.253 e. The second-order valence-electron chi connectivity index (χ2n) is 6.61. The van der Waals surface area contributed by atoms with Crippen molar-refractivity contribution in [3.63, 3.8) is 0 Å². The Balaban J connectivity index is 1.81. The molecule has 0 heterocycles. The molecule has 0 saturated heterocycles. The average Bonchev–Trinajstić information content (AvgIpc) is 2.74. The Kier molecular flexibility index (Phi) is 7.47. The van der Waals surface area contributed by atoms with Crippen LogP contribution in [0.25, 0.3) is 0 Å². The van der Waals surface area contributed by atoms with E-state index in [4.69, 9.17) is 49.9 Å². The number of nitriles is 1. The molecule has 0 atom stereocenters. The summed E-state index contributed by atoms with van der Waals surface area (Å²) in [5.41, 5.74) is 0.225. The van der Waals surface area contributed by atoms with E-state index in [1.165, 1.54) is 36.4 Å². The van der Waals surface area contributed by atoms with Crippen LogP contribution in [-0.4, -0.2) is 14.3 Å². The fraction of sp³-hybridized carbons (Fsp3) is 0.0476. The maximum atomic E-state index is 15.1. The summed E-state index contributed by atoms with van der Waals surface area (Å²) < 4.78 is 43.3. The van der Waals surface area contributed by atoms with Crippen LogP contribution in [0.3, 0.4) is 0 Å². The van der Waals surface area contributed by atoms with Crippen molar-refractivity contribution >= 4 is 50.7 Å². The van der Waals surface area contributed by atoms with Gasteiger partial charge in [0.05, 0.1) is 32.1 Å². The molecule has 1 amide bonds. The van der Waals surface area contributed by atoms with Crippen LogP contribution in [0.5, 0.6) is 11.5 Å². The van der Waals surface area contributed by atoms with Crippen LogP contribution in [0.4, 0.5) is 4.39 Å². The van der Waals surface area contributed by atoms with Crippen molar-refractivity contribution in [1.29, 1.82) is 5.26 Å². The molecular weight excluding hydrogens is 516 g/mol. The van der Waals surface area contributed by atoms with E-state index in [-0.39, 0.29) is 54.7 Å². The lowest BCUT2D eigenvalue weighted by atomic mass is 10.1. The first-order valence-corrected chi connectivity index (χ1v) is 11.6. The Morgan fingerprint density at radius 2 is 1.82 bits per heavy atom. The molecule has 3 N–H and O–H groups in total. The molecule has 12 heteroatoms. The third-order valence-electron chi connectivity index (χ3n) is 4.30. The lowest BCUT2D eigenvalue weighted by molar-refractivity contribution is 0.0950. The first-order valence-electron chi connectivity index (χ1n) is 8.95. The van der Waals surface area contributed by atoms with Crippen LogP contribution in [0.1, 0.15) is 21.5 Å². The van der Waals surface area contributed by atoms with Crippen molar-refractivity contribution in [2.45, 2.75) is 11.4 Å². The number of amides is 1. The summed E-state index contributed by atoms with van der Waals surface area (Å²) in [5.74, 6) is -1.73. The fourth-order valence-corrected chi connectivity index (χ4v) is 4.02. The van der Waals surface area contributed by atoms with Crippen LogP contribution in [0, 0.1) is 17.1 Å². The van der Waals surface area contributed by atoms with Gasteiger partial charge in [0.2, 0.25) is 10.0 Å². The molecule has 0 saturated carbocycles. The van der Waals surface area contributed by atoms with Gasteiger partial charge in [0.25, 0.3) is 5.91 Å². The Morgan fingerprint density at radius 1 is 1.09 bits per heavy atom. The molecule has 0 radical (unpaired) electrons. The molecular formula is C21H13Cl3FN3O4S. The van der Waals surface area contributed by atoms with Gasteiger partial charge in [-0.2, -0.15) is 5.26 Å². The third kappa shape index (κ3) is 5.93. The van der Waals surface area contributed by atoms with E-state index in [1.807, 2.05) is 6.07 Å². The Labute approximate surface area is 203 Å². The molecule has 0 aliphatic rings. The zero-order valence-electron chi connectivity index (χ0n) is 16.4. The molecule has 0 aliphatic heterocycles. The van der Waals surface area contributed by atoms with Gasteiger partial charge in [-0.3, -0.25) is 4.79 Å². The highest BCUT2D eigenvalue weighted by Crippen LogP contribution is 2.35. The van der Waals surface area contributed by atoms with Crippen molar-refractivity contribution in [3.8, 4) is 17.6 Å². The number of benzene rings is 3. The number of carbonyl (C=O) groups is 1. The lowest BCUT2D eigenvalue weighted by Gasteiger charge is -2.13. The summed E-state index contributed by atoms with van der Waals surface area (Å²) in [6, 6.07) is 12.2. The van der Waals surface area contributed by atoms with Crippen molar-refractivity contribution in [2.75, 3.05) is 0 Å². The largest absolute Gasteiger partial charge is 0.453 e. The molecule has 170 valence electrons. The number of sulfonamides is 1. The number of carbonyl (C=O) groups excluding carboxylic acids is 1. The predicted octanol–water partition coefficient (Wildman–Crippen LogP) is 5.03. The summed E-state index contributed by atoms with van der Waals surface area (Å²) in [6.07, 6.45) is 0. The minimum absolute atomic E-state index is 0.0297. The summed E-state index contributed by atoms with van der Waals surface area (Å²) >= 11 is 18.0. The first kappa shape index (κ1) is 24.8. The third-order valence-corrected chi connectivity index (χ3v) is 6.04. The highest BCUT2D eigenvalue weighted by atomic mass is 35.5. The standard InChI is InChI=1S/C21H13Cl3FN3O4S/c22-13-5-11(9-26)6-14(7-13)32-20-17(23)4-1-12(19(20)25)10-28-21(29)16-3-2-15(8-18(16)24)33(27,30)31/h1-8H,10H2,(H,28,29)(H2,27,30,31). The minimum Gasteiger partial charge on any atom is -0.453 e. The molecule has 3 rings (SSSR count). The number of ether oxygens (including phenoxy) is 1. The monoisotopic (exact) mass is 527 g/mol. The van der Waals surface area contributed by atoms with Gasteiger partial charge in [0.15, 0.2) is 11.6 Å². The zero-order chi connectivity index (χ0) is 24.3. The summed E-state index contributed by atoms with van der Waals surface area (Å²) in [5, 5.41) is 16.6. The molecule has 33 heavy (non-hydrogen) atoms. The number of nitrogens with one attached hydrogen (secondary N) is 1. The van der Waals surface area contributed by atoms with Gasteiger partial charge < -0.3 is 10.1 Å². The van der Waals surface area contributed by atoms with E-state index in [0.29, 0.717) is 0 Å². The molecule has 0 fully saturated rings. The summed E-state index contributed by atoms with van der Waals surface area (Å²) in [7, 11) is -3.99. The maximum absolute atomic E-state index is 15.1. The number of hydrogen-bond donors (Lipinski definition) is 2. The highest BCUT2D eigenvalue weighted by molar-refractivity contribution is 7.89. The quantitative estimate of drug-likeness (QED) is 0.465. The number of nitrogens with zero attached hydrogens (tertiary/aromatic N) is 1. The van der Waals surface area contributed by atoms with E-state index in [2.05, 4.69) is 5.32 Å². The maximum Gasteiger partial charge on any atom is 0.253 e. The van der Waals surface area contributed by atoms with Crippen molar-refractivity contribution in [2.24, 2.45) is 5.14 Å². The molecule has 7 nitrogen and oxygen atoms in total. The van der Waals surface area contributed by atoms with Crippen LogP contribution < -0.4 is 15.2 Å². The molecule has 0 aliphatic carbocycles. The Bertz CT molecular complexity index is 1410. The van der Waals surface area contributed by atoms with Gasteiger partial charge in [0.1, 0.15) is 5.75 Å². The normalized spacial score (nSPS) is 11.0. The SMILES string of the molecule is N#Cc1cc(Cl)cc(Oc2c(Cl)ccc(CNC(=O)c3ccc(S(N)(=O)=O)cc3Cl)c2F)c1. The number of rotatable bonds is 6. The zero-order valence-corrected chi connectivity index (χ0v) is 19.5. The number of primary sulfonamides is 1.